The molecule has 1 aliphatic rings. The molecule has 0 saturated heterocycles. The summed E-state index contributed by atoms with van der Waals surface area (Å²) < 4.78 is 4.99. The molecule has 1 aromatic heterocycles. The number of carbonyl (C=O) groups is 1. The smallest absolute Gasteiger partial charge is 0.322 e. The number of aliphatic imine (C=N–C) groups is 1. The van der Waals surface area contributed by atoms with Crippen LogP contribution in [0, 0.1) is 0 Å². The first-order chi connectivity index (χ1) is 8.51. The Labute approximate surface area is 103 Å². The van der Waals surface area contributed by atoms with Crippen LogP contribution in [0.1, 0.15) is 0 Å². The van der Waals surface area contributed by atoms with Crippen LogP contribution in [0.3, 0.4) is 0 Å². The maximum atomic E-state index is 11.2. The van der Waals surface area contributed by atoms with E-state index in [2.05, 4.69) is 19.9 Å². The van der Waals surface area contributed by atoms with Gasteiger partial charge in [0, 0.05) is 14.1 Å². The monoisotopic (exact) mass is 251 g/mol. The highest BCUT2D eigenvalue weighted by atomic mass is 16.5. The van der Waals surface area contributed by atoms with Crippen molar-refractivity contribution < 1.29 is 9.53 Å². The minimum absolute atomic E-state index is 0.0197. The van der Waals surface area contributed by atoms with E-state index in [1.54, 1.807) is 19.0 Å². The summed E-state index contributed by atoms with van der Waals surface area (Å²) in [6.07, 6.45) is 0. The van der Waals surface area contributed by atoms with Crippen LogP contribution in [0.2, 0.25) is 0 Å². The molecule has 1 aliphatic heterocycles. The van der Waals surface area contributed by atoms with Crippen molar-refractivity contribution in [2.75, 3.05) is 37.5 Å². The molecule has 1 aromatic rings. The predicted molar refractivity (Wildman–Crippen MR) is 64.7 cm³/mol. The summed E-state index contributed by atoms with van der Waals surface area (Å²) in [5, 5.41) is 0. The van der Waals surface area contributed by atoms with E-state index < -0.39 is 0 Å². The Hall–Kier alpha value is -2.45. The summed E-state index contributed by atoms with van der Waals surface area (Å²) in [4.78, 5) is 30.2. The summed E-state index contributed by atoms with van der Waals surface area (Å²) in [5.74, 6) is 0.373. The zero-order valence-electron chi connectivity index (χ0n) is 10.3. The van der Waals surface area contributed by atoms with E-state index in [0.717, 1.165) is 0 Å². The summed E-state index contributed by atoms with van der Waals surface area (Å²) >= 11 is 0. The number of guanidine groups is 1. The molecule has 18 heavy (non-hydrogen) atoms. The molecule has 0 spiro atoms. The fourth-order valence-corrected chi connectivity index (χ4v) is 1.36. The van der Waals surface area contributed by atoms with Crippen molar-refractivity contribution in [1.29, 1.82) is 0 Å². The lowest BCUT2D eigenvalue weighted by Gasteiger charge is -2.17. The Morgan fingerprint density at radius 1 is 1.33 bits per heavy atom. The van der Waals surface area contributed by atoms with Gasteiger partial charge in [0.15, 0.2) is 0 Å². The molecule has 0 saturated carbocycles. The Kier molecular flexibility index (Phi) is 2.96. The number of hydrogen-bond acceptors (Lipinski definition) is 8. The molecule has 0 radical (unpaired) electrons. The van der Waals surface area contributed by atoms with E-state index in [1.807, 2.05) is 0 Å². The summed E-state index contributed by atoms with van der Waals surface area (Å²) in [7, 11) is 5.02. The summed E-state index contributed by atoms with van der Waals surface area (Å²) in [5.41, 5.74) is 5.62. The highest BCUT2D eigenvalue weighted by Crippen LogP contribution is 2.17. The lowest BCUT2D eigenvalue weighted by atomic mass is 10.6. The van der Waals surface area contributed by atoms with Gasteiger partial charge in [-0.1, -0.05) is 0 Å². The second-order valence-corrected chi connectivity index (χ2v) is 3.77. The van der Waals surface area contributed by atoms with Gasteiger partial charge in [0.05, 0.1) is 7.11 Å². The molecule has 9 heteroatoms. The topological polar surface area (TPSA) is 110 Å². The van der Waals surface area contributed by atoms with Crippen molar-refractivity contribution in [3.63, 3.8) is 0 Å². The minimum Gasteiger partial charge on any atom is -0.467 e. The fraction of sp³-hybridized carbons (Fsp3) is 0.444. The van der Waals surface area contributed by atoms with Crippen LogP contribution in [-0.4, -0.2) is 54.6 Å². The average Bonchev–Trinajstić information content (AvgIpc) is 2.67. The molecule has 2 rings (SSSR count). The number of ether oxygens (including phenoxy) is 1. The lowest BCUT2D eigenvalue weighted by Crippen LogP contribution is -2.36. The molecular formula is C9H13N7O2. The van der Waals surface area contributed by atoms with Crippen LogP contribution < -0.4 is 20.3 Å². The third-order valence-corrected chi connectivity index (χ3v) is 2.22. The van der Waals surface area contributed by atoms with Crippen LogP contribution in [0.25, 0.3) is 0 Å². The van der Waals surface area contributed by atoms with Crippen LogP contribution in [-0.2, 0) is 4.79 Å². The second-order valence-electron chi connectivity index (χ2n) is 3.77. The molecule has 0 fully saturated rings. The van der Waals surface area contributed by atoms with Crippen molar-refractivity contribution in [1.82, 2.24) is 15.0 Å². The zero-order chi connectivity index (χ0) is 13.3. The van der Waals surface area contributed by atoms with Gasteiger partial charge in [0.25, 0.3) is 5.91 Å². The number of anilines is 2. The zero-order valence-corrected chi connectivity index (χ0v) is 10.3. The number of nitrogens with zero attached hydrogens (tertiary/aromatic N) is 6. The van der Waals surface area contributed by atoms with Gasteiger partial charge in [-0.15, -0.1) is 0 Å². The van der Waals surface area contributed by atoms with Gasteiger partial charge in [-0.2, -0.15) is 19.9 Å². The Bertz CT molecular complexity index is 514. The van der Waals surface area contributed by atoms with Gasteiger partial charge in [0.1, 0.15) is 6.54 Å². The third-order valence-electron chi connectivity index (χ3n) is 2.22. The van der Waals surface area contributed by atoms with Crippen molar-refractivity contribution in [3.05, 3.63) is 0 Å². The van der Waals surface area contributed by atoms with Gasteiger partial charge in [-0.05, 0) is 0 Å². The van der Waals surface area contributed by atoms with Gasteiger partial charge in [0.2, 0.25) is 17.9 Å². The molecule has 0 aliphatic carbocycles. The van der Waals surface area contributed by atoms with E-state index in [9.17, 15) is 4.79 Å². The molecule has 2 N–H and O–H groups in total. The Morgan fingerprint density at radius 3 is 2.56 bits per heavy atom. The highest BCUT2D eigenvalue weighted by molar-refractivity contribution is 6.09. The highest BCUT2D eigenvalue weighted by Gasteiger charge is 2.26. The Balaban J connectivity index is 2.41. The van der Waals surface area contributed by atoms with E-state index >= 15 is 0 Å². The maximum absolute atomic E-state index is 11.2. The number of rotatable bonds is 3. The molecule has 0 aromatic carbocycles. The van der Waals surface area contributed by atoms with Crippen molar-refractivity contribution >= 4 is 23.8 Å². The van der Waals surface area contributed by atoms with Crippen LogP contribution in [0.4, 0.5) is 11.9 Å². The van der Waals surface area contributed by atoms with Gasteiger partial charge in [-0.3, -0.25) is 9.69 Å². The van der Waals surface area contributed by atoms with Crippen molar-refractivity contribution in [3.8, 4) is 6.01 Å². The molecule has 0 atom stereocenters. The standard InChI is InChI=1S/C9H13N7O2/c1-15(2)7-12-8(14-9(13-7)18-3)16-4-5(17)11-6(16)10/h4H2,1-3H3,(H2,10,11,17). The van der Waals surface area contributed by atoms with E-state index in [-0.39, 0.29) is 30.4 Å². The van der Waals surface area contributed by atoms with E-state index in [0.29, 0.717) is 5.95 Å². The minimum atomic E-state index is -0.335. The second kappa shape index (κ2) is 4.43. The summed E-state index contributed by atoms with van der Waals surface area (Å²) in [6, 6.07) is 0.149. The normalized spacial score (nSPS) is 14.7. The first-order valence-electron chi connectivity index (χ1n) is 5.13. The molecular weight excluding hydrogens is 238 g/mol. The molecule has 0 unspecified atom stereocenters. The predicted octanol–water partition coefficient (Wildman–Crippen LogP) is -1.39. The molecule has 1 amide bonds. The average molecular weight is 251 g/mol. The van der Waals surface area contributed by atoms with Crippen LogP contribution in [0.5, 0.6) is 6.01 Å². The van der Waals surface area contributed by atoms with Crippen molar-refractivity contribution in [2.45, 2.75) is 0 Å². The molecule has 96 valence electrons. The number of carbonyl (C=O) groups excluding carboxylic acids is 1. The lowest BCUT2D eigenvalue weighted by molar-refractivity contribution is -0.115. The van der Waals surface area contributed by atoms with E-state index in [1.165, 1.54) is 12.0 Å². The number of methoxy groups -OCH3 is 1. The van der Waals surface area contributed by atoms with Gasteiger partial charge < -0.3 is 15.4 Å². The largest absolute Gasteiger partial charge is 0.467 e. The van der Waals surface area contributed by atoms with Gasteiger partial charge >= 0.3 is 6.01 Å². The third kappa shape index (κ3) is 2.14. The van der Waals surface area contributed by atoms with Crippen molar-refractivity contribution in [2.24, 2.45) is 10.7 Å². The molecule has 0 bridgehead atoms. The van der Waals surface area contributed by atoms with Crippen LogP contribution in [0.15, 0.2) is 4.99 Å². The van der Waals surface area contributed by atoms with E-state index in [4.69, 9.17) is 10.5 Å². The first kappa shape index (κ1) is 12.0. The quantitative estimate of drug-likeness (QED) is 0.699. The number of amides is 1. The molecule has 2 heterocycles. The maximum Gasteiger partial charge on any atom is 0.322 e. The SMILES string of the molecule is COc1nc(N(C)C)nc(N2CC(=O)N=C2N)n1. The van der Waals surface area contributed by atoms with Crippen LogP contribution >= 0.6 is 0 Å². The molecule has 9 nitrogen and oxygen atoms in total. The fourth-order valence-electron chi connectivity index (χ4n) is 1.36. The summed E-state index contributed by atoms with van der Waals surface area (Å²) in [6.45, 7) is 0.0197. The number of hydrogen-bond donors (Lipinski definition) is 1. The Morgan fingerprint density at radius 2 is 2.06 bits per heavy atom. The van der Waals surface area contributed by atoms with Gasteiger partial charge in [-0.25, -0.2) is 0 Å². The number of nitrogens with two attached hydrogens (primary N) is 1. The number of aromatic nitrogens is 3. The first-order valence-corrected chi connectivity index (χ1v) is 5.13.